The van der Waals surface area contributed by atoms with Crippen molar-refractivity contribution in [3.05, 3.63) is 52.2 Å². The van der Waals surface area contributed by atoms with Crippen molar-refractivity contribution in [2.24, 2.45) is 5.11 Å². The van der Waals surface area contributed by atoms with Crippen LogP contribution in [0.25, 0.3) is 10.4 Å². The molecular formula is C30H50N6O5. The number of hydrogen-bond acceptors (Lipinski definition) is 8. The maximum atomic E-state index is 8.16. The molecule has 0 saturated heterocycles. The van der Waals surface area contributed by atoms with Crippen molar-refractivity contribution >= 4 is 0 Å². The van der Waals surface area contributed by atoms with Gasteiger partial charge in [-0.15, -0.1) is 5.10 Å². The molecule has 41 heavy (non-hydrogen) atoms. The van der Waals surface area contributed by atoms with E-state index < -0.39 is 0 Å². The lowest BCUT2D eigenvalue weighted by Crippen LogP contribution is -2.12. The Hall–Kier alpha value is -2.69. The molecule has 2 rings (SSSR count). The van der Waals surface area contributed by atoms with Crippen LogP contribution in [0.2, 0.25) is 0 Å². The van der Waals surface area contributed by atoms with Gasteiger partial charge >= 0.3 is 0 Å². The van der Waals surface area contributed by atoms with E-state index in [9.17, 15) is 0 Å². The Kier molecular flexibility index (Phi) is 21.1. The smallest absolute Gasteiger partial charge is 0.119 e. The first-order chi connectivity index (χ1) is 20.3. The van der Waals surface area contributed by atoms with E-state index in [0.717, 1.165) is 30.0 Å². The molecule has 0 spiro atoms. The lowest BCUT2D eigenvalue weighted by atomic mass is 10.1. The molecule has 11 heteroatoms. The highest BCUT2D eigenvalue weighted by Crippen LogP contribution is 2.15. The summed E-state index contributed by atoms with van der Waals surface area (Å²) < 4.78 is 29.5. The minimum atomic E-state index is 0.332. The van der Waals surface area contributed by atoms with E-state index in [2.05, 4.69) is 39.4 Å². The van der Waals surface area contributed by atoms with Gasteiger partial charge in [-0.05, 0) is 29.6 Å². The molecule has 0 radical (unpaired) electrons. The summed E-state index contributed by atoms with van der Waals surface area (Å²) >= 11 is 0. The second-order valence-corrected chi connectivity index (χ2v) is 9.93. The minimum Gasteiger partial charge on any atom is -0.494 e. The fraction of sp³-hybridized carbons (Fsp3) is 0.733. The number of azide groups is 1. The topological polar surface area (TPSA) is 126 Å². The van der Waals surface area contributed by atoms with Crippen LogP contribution in [0.1, 0.15) is 82.4 Å². The van der Waals surface area contributed by atoms with Crippen molar-refractivity contribution in [1.29, 1.82) is 0 Å². The molecule has 1 aromatic heterocycles. The van der Waals surface area contributed by atoms with Gasteiger partial charge in [0.2, 0.25) is 0 Å². The summed E-state index contributed by atoms with van der Waals surface area (Å²) in [5.41, 5.74) is 10.1. The second-order valence-electron chi connectivity index (χ2n) is 9.93. The summed E-state index contributed by atoms with van der Waals surface area (Å²) in [5.74, 6) is 0.916. The molecule has 0 aliphatic carbocycles. The molecule has 2 aromatic rings. The van der Waals surface area contributed by atoms with E-state index in [1.54, 1.807) is 0 Å². The van der Waals surface area contributed by atoms with Crippen molar-refractivity contribution in [3.63, 3.8) is 0 Å². The van der Waals surface area contributed by atoms with Crippen LogP contribution in [0.3, 0.4) is 0 Å². The first-order valence-corrected chi connectivity index (χ1v) is 15.2. The standard InChI is InChI=1S/C30H50N6O5/c1-2-3-4-5-6-7-8-9-10-11-17-41-30-14-12-28(13-15-30)25-36-26-29(33-35-36)27-40-24-23-39-22-21-38-20-19-37-18-16-32-34-31/h12-15,26H,2-11,16-25,27H2,1H3. The molecule has 0 aliphatic rings. The van der Waals surface area contributed by atoms with E-state index in [1.807, 2.05) is 23.0 Å². The quantitative estimate of drug-likeness (QED) is 0.0491. The highest BCUT2D eigenvalue weighted by Gasteiger charge is 2.03. The number of ether oxygens (including phenoxy) is 5. The van der Waals surface area contributed by atoms with Crippen LogP contribution in [0.5, 0.6) is 5.75 Å². The summed E-state index contributed by atoms with van der Waals surface area (Å²) in [4.78, 5) is 2.66. The fourth-order valence-corrected chi connectivity index (χ4v) is 4.13. The van der Waals surface area contributed by atoms with Gasteiger partial charge in [-0.1, -0.05) is 87.2 Å². The molecule has 0 unspecified atom stereocenters. The predicted molar refractivity (Wildman–Crippen MR) is 159 cm³/mol. The molecule has 0 aliphatic heterocycles. The molecular weight excluding hydrogens is 524 g/mol. The predicted octanol–water partition coefficient (Wildman–Crippen LogP) is 6.50. The number of benzene rings is 1. The van der Waals surface area contributed by atoms with Crippen LogP contribution in [-0.4, -0.2) is 74.4 Å². The van der Waals surface area contributed by atoms with Crippen LogP contribution >= 0.6 is 0 Å². The minimum absolute atomic E-state index is 0.332. The normalized spacial score (nSPS) is 11.0. The number of aromatic nitrogens is 3. The maximum absolute atomic E-state index is 8.16. The number of unbranched alkanes of at least 4 members (excludes halogenated alkanes) is 9. The van der Waals surface area contributed by atoms with E-state index in [0.29, 0.717) is 65.9 Å². The highest BCUT2D eigenvalue weighted by molar-refractivity contribution is 5.27. The van der Waals surface area contributed by atoms with Gasteiger partial charge in [0.15, 0.2) is 0 Å². The molecule has 230 valence electrons. The Morgan fingerprint density at radius 2 is 1.32 bits per heavy atom. The largest absolute Gasteiger partial charge is 0.494 e. The zero-order chi connectivity index (χ0) is 29.1. The highest BCUT2D eigenvalue weighted by atomic mass is 16.6. The summed E-state index contributed by atoms with van der Waals surface area (Å²) in [6.07, 6.45) is 15.2. The van der Waals surface area contributed by atoms with E-state index >= 15 is 0 Å². The van der Waals surface area contributed by atoms with Crippen LogP contribution in [0.15, 0.2) is 35.6 Å². The van der Waals surface area contributed by atoms with Gasteiger partial charge in [0, 0.05) is 11.5 Å². The Morgan fingerprint density at radius 1 is 0.732 bits per heavy atom. The van der Waals surface area contributed by atoms with Gasteiger partial charge < -0.3 is 23.7 Å². The molecule has 11 nitrogen and oxygen atoms in total. The van der Waals surface area contributed by atoms with Crippen LogP contribution in [0.4, 0.5) is 0 Å². The van der Waals surface area contributed by atoms with E-state index in [1.165, 1.54) is 57.8 Å². The van der Waals surface area contributed by atoms with Gasteiger partial charge in [-0.2, -0.15) is 0 Å². The third-order valence-electron chi connectivity index (χ3n) is 6.39. The van der Waals surface area contributed by atoms with Crippen molar-refractivity contribution in [3.8, 4) is 5.75 Å². The van der Waals surface area contributed by atoms with Crippen LogP contribution in [-0.2, 0) is 32.1 Å². The lowest BCUT2D eigenvalue weighted by Gasteiger charge is -2.07. The summed E-state index contributed by atoms with van der Waals surface area (Å²) in [5, 5.41) is 11.8. The van der Waals surface area contributed by atoms with Gasteiger partial charge in [-0.25, -0.2) is 4.68 Å². The average Bonchev–Trinajstić information content (AvgIpc) is 3.44. The van der Waals surface area contributed by atoms with Gasteiger partial charge in [0.1, 0.15) is 11.4 Å². The monoisotopic (exact) mass is 574 g/mol. The Labute approximate surface area is 245 Å². The first kappa shape index (κ1) is 34.5. The number of nitrogens with zero attached hydrogens (tertiary/aromatic N) is 6. The van der Waals surface area contributed by atoms with E-state index in [-0.39, 0.29) is 0 Å². The van der Waals surface area contributed by atoms with E-state index in [4.69, 9.17) is 29.2 Å². The fourth-order valence-electron chi connectivity index (χ4n) is 4.13. The van der Waals surface area contributed by atoms with Crippen molar-refractivity contribution in [2.45, 2.75) is 84.3 Å². The maximum Gasteiger partial charge on any atom is 0.119 e. The van der Waals surface area contributed by atoms with Crippen molar-refractivity contribution < 1.29 is 23.7 Å². The third-order valence-corrected chi connectivity index (χ3v) is 6.39. The zero-order valence-corrected chi connectivity index (χ0v) is 25.0. The Balaban J connectivity index is 1.43. The van der Waals surface area contributed by atoms with Gasteiger partial charge in [-0.3, -0.25) is 0 Å². The summed E-state index contributed by atoms with van der Waals surface area (Å²) in [7, 11) is 0. The number of hydrogen-bond donors (Lipinski definition) is 0. The molecule has 0 amide bonds. The molecule has 1 aromatic carbocycles. The summed E-state index contributed by atoms with van der Waals surface area (Å²) in [6.45, 7) is 7.67. The van der Waals surface area contributed by atoms with Gasteiger partial charge in [0.05, 0.1) is 72.2 Å². The molecule has 0 N–H and O–H groups in total. The second kappa shape index (κ2) is 25.1. The molecule has 1 heterocycles. The lowest BCUT2D eigenvalue weighted by molar-refractivity contribution is -0.00369. The molecule has 0 fully saturated rings. The Morgan fingerprint density at radius 3 is 1.95 bits per heavy atom. The third kappa shape index (κ3) is 19.1. The Bertz CT molecular complexity index is 920. The van der Waals surface area contributed by atoms with Gasteiger partial charge in [0.25, 0.3) is 0 Å². The molecule has 0 bridgehead atoms. The number of rotatable bonds is 28. The SMILES string of the molecule is CCCCCCCCCCCCOc1ccc(Cn2cc(COCCOCCOCCOCCN=[N+]=[N-])nn2)cc1. The first-order valence-electron chi connectivity index (χ1n) is 15.2. The zero-order valence-electron chi connectivity index (χ0n) is 25.0. The average molecular weight is 575 g/mol. The van der Waals surface area contributed by atoms with Crippen molar-refractivity contribution in [1.82, 2.24) is 15.0 Å². The molecule has 0 saturated carbocycles. The van der Waals surface area contributed by atoms with Crippen LogP contribution < -0.4 is 4.74 Å². The van der Waals surface area contributed by atoms with Crippen molar-refractivity contribution in [2.75, 3.05) is 59.4 Å². The molecule has 0 atom stereocenters. The van der Waals surface area contributed by atoms with Crippen LogP contribution in [0, 0.1) is 0 Å². The summed E-state index contributed by atoms with van der Waals surface area (Å²) in [6, 6.07) is 8.21.